The van der Waals surface area contributed by atoms with Crippen molar-refractivity contribution < 1.29 is 19.1 Å². The topological polar surface area (TPSA) is 86.9 Å². The monoisotopic (exact) mass is 429 g/mol. The Kier molecular flexibility index (Phi) is 9.24. The molecule has 0 unspecified atom stereocenters. The second-order valence-electron chi connectivity index (χ2n) is 8.61. The summed E-state index contributed by atoms with van der Waals surface area (Å²) in [6.07, 6.45) is 3.41. The number of likely N-dealkylation sites (N-methyl/N-ethyl adjacent to an activating group) is 1. The number of nitrogens with zero attached hydrogens (tertiary/aromatic N) is 3. The van der Waals surface area contributed by atoms with Crippen molar-refractivity contribution in [1.82, 2.24) is 14.8 Å². The summed E-state index contributed by atoms with van der Waals surface area (Å²) in [4.78, 5) is 30.8. The summed E-state index contributed by atoms with van der Waals surface area (Å²) < 4.78 is 5.93. The number of carboxylic acids is 1. The molecule has 170 valence electrons. The predicted octanol–water partition coefficient (Wildman–Crippen LogP) is 3.41. The van der Waals surface area contributed by atoms with Crippen LogP contribution in [0.15, 0.2) is 34.7 Å². The molecule has 2 heterocycles. The Balaban J connectivity index is 0.000000785. The molecular weight excluding hydrogens is 394 g/mol. The highest BCUT2D eigenvalue weighted by atomic mass is 16.4. The van der Waals surface area contributed by atoms with E-state index in [4.69, 9.17) is 14.3 Å². The number of oxazole rings is 1. The first kappa shape index (κ1) is 24.6. The van der Waals surface area contributed by atoms with Gasteiger partial charge in [0.2, 0.25) is 5.91 Å². The third kappa shape index (κ3) is 7.83. The summed E-state index contributed by atoms with van der Waals surface area (Å²) in [7, 11) is 3.95. The fraction of sp³-hybridized carbons (Fsp3) is 0.542. The largest absolute Gasteiger partial charge is 0.481 e. The summed E-state index contributed by atoms with van der Waals surface area (Å²) in [5, 5.41) is 7.42. The van der Waals surface area contributed by atoms with Crippen LogP contribution in [0.3, 0.4) is 0 Å². The van der Waals surface area contributed by atoms with E-state index in [0.29, 0.717) is 25.4 Å². The highest BCUT2D eigenvalue weighted by Crippen LogP contribution is 2.23. The van der Waals surface area contributed by atoms with Gasteiger partial charge in [-0.3, -0.25) is 14.5 Å². The molecule has 0 saturated heterocycles. The second kappa shape index (κ2) is 11.6. The average Bonchev–Trinajstić information content (AvgIpc) is 3.12. The molecular formula is C24H35N3O4. The van der Waals surface area contributed by atoms with Crippen molar-refractivity contribution >= 4 is 11.9 Å². The molecule has 31 heavy (non-hydrogen) atoms. The lowest BCUT2D eigenvalue weighted by molar-refractivity contribution is -0.137. The van der Waals surface area contributed by atoms with Crippen LogP contribution in [0.5, 0.6) is 0 Å². The molecule has 2 aromatic rings. The highest BCUT2D eigenvalue weighted by molar-refractivity contribution is 5.82. The molecule has 7 nitrogen and oxygen atoms in total. The van der Waals surface area contributed by atoms with Crippen LogP contribution in [0.2, 0.25) is 0 Å². The first-order valence-corrected chi connectivity index (χ1v) is 10.8. The maximum Gasteiger partial charge on any atom is 0.300 e. The fourth-order valence-electron chi connectivity index (χ4n) is 3.50. The fourth-order valence-corrected chi connectivity index (χ4v) is 3.50. The van der Waals surface area contributed by atoms with Crippen LogP contribution in [0.1, 0.15) is 50.1 Å². The number of aryl methyl sites for hydroxylation is 1. The summed E-state index contributed by atoms with van der Waals surface area (Å²) >= 11 is 0. The number of benzene rings is 1. The molecule has 1 aromatic carbocycles. The maximum atomic E-state index is 13.2. The maximum absolute atomic E-state index is 13.2. The number of hydrogen-bond acceptors (Lipinski definition) is 5. The summed E-state index contributed by atoms with van der Waals surface area (Å²) in [5.74, 6) is 1.74. The first-order valence-electron chi connectivity index (χ1n) is 10.8. The van der Waals surface area contributed by atoms with Gasteiger partial charge in [-0.1, -0.05) is 44.2 Å². The van der Waals surface area contributed by atoms with E-state index in [-0.39, 0.29) is 11.9 Å². The van der Waals surface area contributed by atoms with E-state index in [1.165, 1.54) is 5.56 Å². The van der Waals surface area contributed by atoms with E-state index in [2.05, 4.69) is 31.0 Å². The minimum absolute atomic E-state index is 0.165. The Bertz CT molecular complexity index is 842. The lowest BCUT2D eigenvalue weighted by atomic mass is 10.0. The van der Waals surface area contributed by atoms with E-state index in [1.807, 2.05) is 42.1 Å². The number of aromatic nitrogens is 1. The van der Waals surface area contributed by atoms with Gasteiger partial charge in [0, 0.05) is 26.3 Å². The van der Waals surface area contributed by atoms with Crippen LogP contribution in [-0.4, -0.2) is 58.4 Å². The second-order valence-corrected chi connectivity index (χ2v) is 8.61. The molecule has 1 aliphatic heterocycles. The summed E-state index contributed by atoms with van der Waals surface area (Å²) in [6, 6.07) is 10.0. The Morgan fingerprint density at radius 1 is 1.23 bits per heavy atom. The van der Waals surface area contributed by atoms with Crippen molar-refractivity contribution in [3.63, 3.8) is 0 Å². The number of hydrogen-bond donors (Lipinski definition) is 1. The standard InChI is InChI=1S/C22H31N3O2.C2H4O2/c1-16(2)10-11-21-23-18-15-25(13-12-20(18)27-21)22(26)19(24(3)4)14-17-8-6-5-7-9-17;1-2(3)4/h5-9,16,19H,10-15H2,1-4H3;1H3,(H,3,4)/t19-;/m0./s1. The summed E-state index contributed by atoms with van der Waals surface area (Å²) in [5.41, 5.74) is 2.12. The molecule has 0 bridgehead atoms. The van der Waals surface area contributed by atoms with E-state index in [0.717, 1.165) is 43.5 Å². The minimum Gasteiger partial charge on any atom is -0.481 e. The van der Waals surface area contributed by atoms with Crippen LogP contribution in [0, 0.1) is 5.92 Å². The average molecular weight is 430 g/mol. The van der Waals surface area contributed by atoms with Crippen LogP contribution in [0.25, 0.3) is 0 Å². The van der Waals surface area contributed by atoms with Crippen molar-refractivity contribution in [3.8, 4) is 0 Å². The molecule has 0 saturated carbocycles. The van der Waals surface area contributed by atoms with Crippen molar-refractivity contribution in [3.05, 3.63) is 53.2 Å². The van der Waals surface area contributed by atoms with Crippen molar-refractivity contribution in [2.24, 2.45) is 5.92 Å². The van der Waals surface area contributed by atoms with Crippen LogP contribution < -0.4 is 0 Å². The van der Waals surface area contributed by atoms with Crippen LogP contribution in [0.4, 0.5) is 0 Å². The first-order chi connectivity index (χ1) is 14.7. The molecule has 1 atom stereocenters. The zero-order chi connectivity index (χ0) is 23.0. The van der Waals surface area contributed by atoms with Gasteiger partial charge in [-0.2, -0.15) is 0 Å². The molecule has 3 rings (SSSR count). The molecule has 1 aromatic heterocycles. The SMILES string of the molecule is CC(=O)O.CC(C)CCc1nc2c(o1)CCN(C(=O)[C@H](Cc1ccccc1)N(C)C)C2. The van der Waals surface area contributed by atoms with Gasteiger partial charge < -0.3 is 14.4 Å². The molecule has 0 aliphatic carbocycles. The van der Waals surface area contributed by atoms with Crippen molar-refractivity contribution in [2.75, 3.05) is 20.6 Å². The van der Waals surface area contributed by atoms with Gasteiger partial charge in [-0.05, 0) is 38.4 Å². The van der Waals surface area contributed by atoms with E-state index >= 15 is 0 Å². The molecule has 0 radical (unpaired) electrons. The highest BCUT2D eigenvalue weighted by Gasteiger charge is 2.31. The number of carbonyl (C=O) groups excluding carboxylic acids is 1. The summed E-state index contributed by atoms with van der Waals surface area (Å²) in [6.45, 7) is 6.75. The number of rotatable bonds is 7. The number of aliphatic carboxylic acids is 1. The third-order valence-electron chi connectivity index (χ3n) is 5.20. The van der Waals surface area contributed by atoms with Crippen LogP contribution >= 0.6 is 0 Å². The molecule has 1 N–H and O–H groups in total. The molecule has 0 spiro atoms. The molecule has 7 heteroatoms. The number of carboxylic acid groups (broad SMARTS) is 1. The normalized spacial score (nSPS) is 14.1. The van der Waals surface area contributed by atoms with Gasteiger partial charge in [0.1, 0.15) is 11.5 Å². The van der Waals surface area contributed by atoms with Gasteiger partial charge in [0.25, 0.3) is 5.97 Å². The lowest BCUT2D eigenvalue weighted by Gasteiger charge is -2.32. The minimum atomic E-state index is -0.833. The van der Waals surface area contributed by atoms with Gasteiger partial charge in [0.15, 0.2) is 5.89 Å². The smallest absolute Gasteiger partial charge is 0.300 e. The zero-order valence-electron chi connectivity index (χ0n) is 19.3. The van der Waals surface area contributed by atoms with Gasteiger partial charge >= 0.3 is 0 Å². The predicted molar refractivity (Wildman–Crippen MR) is 120 cm³/mol. The molecule has 1 amide bonds. The van der Waals surface area contributed by atoms with Gasteiger partial charge in [-0.15, -0.1) is 0 Å². The van der Waals surface area contributed by atoms with Crippen molar-refractivity contribution in [2.45, 2.75) is 59.0 Å². The van der Waals surface area contributed by atoms with Crippen LogP contribution in [-0.2, 0) is 35.4 Å². The Hall–Kier alpha value is -2.67. The molecule has 1 aliphatic rings. The number of fused-ring (bicyclic) bond motifs is 1. The zero-order valence-corrected chi connectivity index (χ0v) is 19.3. The van der Waals surface area contributed by atoms with E-state index in [1.54, 1.807) is 0 Å². The Morgan fingerprint density at radius 3 is 2.45 bits per heavy atom. The molecule has 0 fully saturated rings. The van der Waals surface area contributed by atoms with Gasteiger partial charge in [-0.25, -0.2) is 4.98 Å². The quantitative estimate of drug-likeness (QED) is 0.726. The lowest BCUT2D eigenvalue weighted by Crippen LogP contribution is -2.48. The van der Waals surface area contributed by atoms with Crippen molar-refractivity contribution in [1.29, 1.82) is 0 Å². The Labute approximate surface area is 185 Å². The van der Waals surface area contributed by atoms with E-state index < -0.39 is 5.97 Å². The van der Waals surface area contributed by atoms with E-state index in [9.17, 15) is 4.79 Å². The number of carbonyl (C=O) groups is 2. The Morgan fingerprint density at radius 2 is 1.87 bits per heavy atom. The number of amides is 1. The third-order valence-corrected chi connectivity index (χ3v) is 5.20. The van der Waals surface area contributed by atoms with Gasteiger partial charge in [0.05, 0.1) is 12.6 Å².